The van der Waals surface area contributed by atoms with Crippen molar-refractivity contribution in [2.24, 2.45) is 0 Å². The number of hydrogen-bond donors (Lipinski definition) is 1. The first-order chi connectivity index (χ1) is 10.3. The minimum absolute atomic E-state index is 0.514. The first-order valence-electron chi connectivity index (χ1n) is 7.78. The van der Waals surface area contributed by atoms with Crippen LogP contribution in [-0.2, 0) is 19.4 Å². The number of anilines is 1. The summed E-state index contributed by atoms with van der Waals surface area (Å²) in [6, 6.07) is 10.5. The van der Waals surface area contributed by atoms with Gasteiger partial charge in [0.2, 0.25) is 0 Å². The summed E-state index contributed by atoms with van der Waals surface area (Å²) in [6.45, 7) is 3.65. The lowest BCUT2D eigenvalue weighted by Gasteiger charge is -2.09. The molecule has 0 atom stereocenters. The third kappa shape index (κ3) is 3.54. The summed E-state index contributed by atoms with van der Waals surface area (Å²) in [7, 11) is 0. The molecule has 2 aromatic rings. The van der Waals surface area contributed by atoms with Crippen LogP contribution in [0.5, 0.6) is 5.75 Å². The standard InChI is InChI=1S/C18H22N2O/c1-2-9-19-16-8-10-20-17(12-16)13-21-18-7-6-14-4-3-5-15(14)11-18/h6-8,10-12H,2-5,9,13H2,1H3,(H,19,20). The van der Waals surface area contributed by atoms with Gasteiger partial charge in [0.1, 0.15) is 12.4 Å². The summed E-state index contributed by atoms with van der Waals surface area (Å²) in [5.74, 6) is 0.948. The van der Waals surface area contributed by atoms with Crippen molar-refractivity contribution < 1.29 is 4.74 Å². The summed E-state index contributed by atoms with van der Waals surface area (Å²) in [4.78, 5) is 4.37. The fourth-order valence-corrected chi connectivity index (χ4v) is 2.73. The molecule has 0 aliphatic heterocycles. The predicted molar refractivity (Wildman–Crippen MR) is 85.8 cm³/mol. The molecule has 1 aromatic carbocycles. The Morgan fingerprint density at radius 1 is 1.14 bits per heavy atom. The average Bonchev–Trinajstić information content (AvgIpc) is 2.99. The zero-order valence-electron chi connectivity index (χ0n) is 12.6. The van der Waals surface area contributed by atoms with Crippen LogP contribution < -0.4 is 10.1 Å². The Kier molecular flexibility index (Phi) is 4.39. The minimum Gasteiger partial charge on any atom is -0.487 e. The molecule has 0 fully saturated rings. The SMILES string of the molecule is CCCNc1ccnc(COc2ccc3c(c2)CCC3)c1. The number of nitrogens with zero attached hydrogens (tertiary/aromatic N) is 1. The van der Waals surface area contributed by atoms with E-state index >= 15 is 0 Å². The van der Waals surface area contributed by atoms with Gasteiger partial charge >= 0.3 is 0 Å². The second-order valence-electron chi connectivity index (χ2n) is 5.54. The first-order valence-corrected chi connectivity index (χ1v) is 7.78. The van der Waals surface area contributed by atoms with Gasteiger partial charge in [-0.2, -0.15) is 0 Å². The van der Waals surface area contributed by atoms with Crippen molar-refractivity contribution in [2.75, 3.05) is 11.9 Å². The van der Waals surface area contributed by atoms with E-state index in [9.17, 15) is 0 Å². The van der Waals surface area contributed by atoms with Crippen LogP contribution in [-0.4, -0.2) is 11.5 Å². The van der Waals surface area contributed by atoms with E-state index in [0.717, 1.165) is 30.1 Å². The van der Waals surface area contributed by atoms with E-state index in [4.69, 9.17) is 4.74 Å². The fraction of sp³-hybridized carbons (Fsp3) is 0.389. The van der Waals surface area contributed by atoms with Crippen LogP contribution in [0.1, 0.15) is 36.6 Å². The predicted octanol–water partition coefficient (Wildman–Crippen LogP) is 3.97. The van der Waals surface area contributed by atoms with Crippen LogP contribution in [0.2, 0.25) is 0 Å². The number of fused-ring (bicyclic) bond motifs is 1. The summed E-state index contributed by atoms with van der Waals surface area (Å²) in [5, 5.41) is 3.37. The lowest BCUT2D eigenvalue weighted by molar-refractivity contribution is 0.301. The Morgan fingerprint density at radius 2 is 2.05 bits per heavy atom. The molecule has 3 rings (SSSR count). The molecule has 0 bridgehead atoms. The van der Waals surface area contributed by atoms with Gasteiger partial charge < -0.3 is 10.1 Å². The Bertz CT molecular complexity index is 610. The van der Waals surface area contributed by atoms with Crippen LogP contribution in [0.3, 0.4) is 0 Å². The molecule has 0 saturated carbocycles. The van der Waals surface area contributed by atoms with Gasteiger partial charge in [0.25, 0.3) is 0 Å². The van der Waals surface area contributed by atoms with Crippen molar-refractivity contribution in [3.8, 4) is 5.75 Å². The topological polar surface area (TPSA) is 34.2 Å². The second-order valence-corrected chi connectivity index (χ2v) is 5.54. The number of benzene rings is 1. The molecule has 0 spiro atoms. The summed E-state index contributed by atoms with van der Waals surface area (Å²) >= 11 is 0. The van der Waals surface area contributed by atoms with Gasteiger partial charge in [-0.3, -0.25) is 4.98 Å². The van der Waals surface area contributed by atoms with E-state index in [2.05, 4.69) is 41.5 Å². The third-order valence-electron chi connectivity index (χ3n) is 3.85. The third-order valence-corrected chi connectivity index (χ3v) is 3.85. The van der Waals surface area contributed by atoms with Crippen LogP contribution in [0.25, 0.3) is 0 Å². The second kappa shape index (κ2) is 6.61. The van der Waals surface area contributed by atoms with Crippen molar-refractivity contribution in [3.63, 3.8) is 0 Å². The Labute approximate surface area is 126 Å². The molecular formula is C18H22N2O. The van der Waals surface area contributed by atoms with E-state index < -0.39 is 0 Å². The van der Waals surface area contributed by atoms with Gasteiger partial charge in [0.15, 0.2) is 0 Å². The van der Waals surface area contributed by atoms with Crippen molar-refractivity contribution in [2.45, 2.75) is 39.2 Å². The van der Waals surface area contributed by atoms with Gasteiger partial charge in [-0.1, -0.05) is 13.0 Å². The molecule has 21 heavy (non-hydrogen) atoms. The lowest BCUT2D eigenvalue weighted by Crippen LogP contribution is -2.03. The summed E-state index contributed by atoms with van der Waals surface area (Å²) in [5.41, 5.74) is 4.99. The van der Waals surface area contributed by atoms with Crippen LogP contribution in [0.4, 0.5) is 5.69 Å². The first kappa shape index (κ1) is 13.9. The Morgan fingerprint density at radius 3 is 2.95 bits per heavy atom. The maximum atomic E-state index is 5.89. The number of pyridine rings is 1. The van der Waals surface area contributed by atoms with Gasteiger partial charge in [-0.25, -0.2) is 0 Å². The van der Waals surface area contributed by atoms with E-state index in [0.29, 0.717) is 6.61 Å². The molecule has 1 aliphatic carbocycles. The molecule has 0 amide bonds. The van der Waals surface area contributed by atoms with E-state index in [-0.39, 0.29) is 0 Å². The number of hydrogen-bond acceptors (Lipinski definition) is 3. The number of nitrogens with one attached hydrogen (secondary N) is 1. The maximum Gasteiger partial charge on any atom is 0.130 e. The van der Waals surface area contributed by atoms with E-state index in [1.165, 1.54) is 30.4 Å². The zero-order valence-corrected chi connectivity index (χ0v) is 12.6. The highest BCUT2D eigenvalue weighted by Crippen LogP contribution is 2.26. The smallest absolute Gasteiger partial charge is 0.130 e. The lowest BCUT2D eigenvalue weighted by atomic mass is 10.1. The van der Waals surface area contributed by atoms with Crippen molar-refractivity contribution in [1.29, 1.82) is 0 Å². The van der Waals surface area contributed by atoms with Crippen LogP contribution in [0.15, 0.2) is 36.5 Å². The van der Waals surface area contributed by atoms with Crippen LogP contribution in [0, 0.1) is 0 Å². The van der Waals surface area contributed by atoms with Crippen LogP contribution >= 0.6 is 0 Å². The largest absolute Gasteiger partial charge is 0.487 e. The highest BCUT2D eigenvalue weighted by Gasteiger charge is 2.11. The molecule has 3 heteroatoms. The molecule has 0 radical (unpaired) electrons. The quantitative estimate of drug-likeness (QED) is 0.870. The highest BCUT2D eigenvalue weighted by molar-refractivity contribution is 5.43. The van der Waals surface area contributed by atoms with Crippen molar-refractivity contribution >= 4 is 5.69 Å². The number of aromatic nitrogens is 1. The Hall–Kier alpha value is -2.03. The minimum atomic E-state index is 0.514. The normalized spacial score (nSPS) is 13.0. The zero-order chi connectivity index (χ0) is 14.5. The van der Waals surface area contributed by atoms with E-state index in [1.54, 1.807) is 0 Å². The molecule has 1 heterocycles. The fourth-order valence-electron chi connectivity index (χ4n) is 2.73. The van der Waals surface area contributed by atoms with Gasteiger partial charge in [0, 0.05) is 18.4 Å². The molecule has 0 unspecified atom stereocenters. The summed E-state index contributed by atoms with van der Waals surface area (Å²) in [6.07, 6.45) is 6.61. The van der Waals surface area contributed by atoms with Gasteiger partial charge in [-0.15, -0.1) is 0 Å². The molecule has 0 saturated heterocycles. The van der Waals surface area contributed by atoms with Crippen molar-refractivity contribution in [1.82, 2.24) is 4.98 Å². The maximum absolute atomic E-state index is 5.89. The highest BCUT2D eigenvalue weighted by atomic mass is 16.5. The molecular weight excluding hydrogens is 260 g/mol. The average molecular weight is 282 g/mol. The number of ether oxygens (including phenoxy) is 1. The number of aryl methyl sites for hydroxylation is 2. The monoisotopic (exact) mass is 282 g/mol. The number of rotatable bonds is 6. The van der Waals surface area contributed by atoms with Gasteiger partial charge in [0.05, 0.1) is 5.69 Å². The molecule has 110 valence electrons. The Balaban J connectivity index is 1.62. The van der Waals surface area contributed by atoms with Gasteiger partial charge in [-0.05, 0) is 61.1 Å². The summed E-state index contributed by atoms with van der Waals surface area (Å²) < 4.78 is 5.89. The molecule has 1 aromatic heterocycles. The van der Waals surface area contributed by atoms with E-state index in [1.807, 2.05) is 12.3 Å². The molecule has 3 nitrogen and oxygen atoms in total. The molecule has 1 aliphatic rings. The van der Waals surface area contributed by atoms with Crippen molar-refractivity contribution in [3.05, 3.63) is 53.3 Å². The molecule has 1 N–H and O–H groups in total.